The maximum atomic E-state index is 13.7. The van der Waals surface area contributed by atoms with Crippen LogP contribution in [-0.4, -0.2) is 35.8 Å². The second-order valence-corrected chi connectivity index (χ2v) is 9.70. The number of carbonyl (C=O) groups excluding carboxylic acids is 1. The Kier molecular flexibility index (Phi) is 9.03. The first kappa shape index (κ1) is 31.4. The van der Waals surface area contributed by atoms with Gasteiger partial charge in [-0.3, -0.25) is 4.90 Å². The predicted octanol–water partition coefficient (Wildman–Crippen LogP) is 7.29. The van der Waals surface area contributed by atoms with Gasteiger partial charge in [0.15, 0.2) is 0 Å². The van der Waals surface area contributed by atoms with Gasteiger partial charge in [-0.05, 0) is 61.7 Å². The molecule has 0 fully saturated rings. The van der Waals surface area contributed by atoms with Gasteiger partial charge >= 0.3 is 18.4 Å². The van der Waals surface area contributed by atoms with Crippen molar-refractivity contribution in [2.24, 2.45) is 0 Å². The lowest BCUT2D eigenvalue weighted by Crippen LogP contribution is -2.48. The number of amides is 1. The molecule has 43 heavy (non-hydrogen) atoms. The minimum atomic E-state index is -5.03. The number of anilines is 2. The summed E-state index contributed by atoms with van der Waals surface area (Å²) < 4.78 is 92.8. The lowest BCUT2D eigenvalue weighted by molar-refractivity contribution is -0.143. The van der Waals surface area contributed by atoms with Crippen molar-refractivity contribution in [2.75, 3.05) is 23.5 Å². The van der Waals surface area contributed by atoms with Crippen LogP contribution in [0.15, 0.2) is 48.7 Å². The van der Waals surface area contributed by atoms with E-state index in [1.54, 1.807) is 13.0 Å². The van der Waals surface area contributed by atoms with Gasteiger partial charge in [-0.2, -0.15) is 31.6 Å². The number of hydrogen-bond donors (Lipinski definition) is 0. The van der Waals surface area contributed by atoms with E-state index >= 15 is 0 Å². The first-order valence-corrected chi connectivity index (χ1v) is 13.2. The van der Waals surface area contributed by atoms with E-state index < -0.39 is 48.2 Å². The van der Waals surface area contributed by atoms with Crippen LogP contribution in [0, 0.1) is 11.3 Å². The topological polar surface area (TPSA) is 91.6 Å². The minimum Gasteiger partial charge on any atom is -0.481 e. The lowest BCUT2D eigenvalue weighted by Gasteiger charge is -2.43. The van der Waals surface area contributed by atoms with Crippen molar-refractivity contribution in [1.82, 2.24) is 9.97 Å². The fraction of sp³-hybridized carbons (Fsp3) is 0.379. The molecule has 0 spiro atoms. The van der Waals surface area contributed by atoms with Gasteiger partial charge in [0.25, 0.3) is 0 Å². The van der Waals surface area contributed by atoms with E-state index in [1.165, 1.54) is 41.3 Å². The molecule has 0 saturated carbocycles. The van der Waals surface area contributed by atoms with Crippen LogP contribution < -0.4 is 14.5 Å². The third-order valence-electron chi connectivity index (χ3n) is 7.01. The van der Waals surface area contributed by atoms with Crippen LogP contribution in [0.2, 0.25) is 0 Å². The first-order chi connectivity index (χ1) is 20.3. The van der Waals surface area contributed by atoms with E-state index in [4.69, 9.17) is 9.47 Å². The first-order valence-electron chi connectivity index (χ1n) is 13.2. The average molecular weight is 608 g/mol. The van der Waals surface area contributed by atoms with Crippen LogP contribution in [-0.2, 0) is 23.6 Å². The number of methoxy groups -OCH3 is 1. The van der Waals surface area contributed by atoms with Crippen LogP contribution in [0.3, 0.4) is 0 Å². The van der Waals surface area contributed by atoms with E-state index in [2.05, 4.69) is 9.97 Å². The molecule has 0 aliphatic carbocycles. The molecule has 14 heteroatoms. The summed E-state index contributed by atoms with van der Waals surface area (Å²) in [6.45, 7) is 3.15. The summed E-state index contributed by atoms with van der Waals surface area (Å²) in [5.74, 6) is 0.346. The van der Waals surface area contributed by atoms with Crippen LogP contribution in [0.1, 0.15) is 60.7 Å². The molecule has 0 bridgehead atoms. The molecule has 3 aromatic rings. The highest BCUT2D eigenvalue weighted by atomic mass is 19.4. The monoisotopic (exact) mass is 607 g/mol. The Hall–Kier alpha value is -4.54. The van der Waals surface area contributed by atoms with E-state index in [9.17, 15) is 36.4 Å². The number of alkyl halides is 6. The molecular formula is C29H27F6N5O3. The van der Waals surface area contributed by atoms with Gasteiger partial charge < -0.3 is 14.4 Å². The molecule has 1 aromatic carbocycles. The third-order valence-corrected chi connectivity index (χ3v) is 7.01. The van der Waals surface area contributed by atoms with Gasteiger partial charge in [-0.25, -0.2) is 14.8 Å². The highest BCUT2D eigenvalue weighted by Crippen LogP contribution is 2.44. The number of halogens is 6. The Morgan fingerprint density at radius 3 is 2.26 bits per heavy atom. The van der Waals surface area contributed by atoms with Gasteiger partial charge in [-0.15, -0.1) is 0 Å². The number of pyridine rings is 2. The number of rotatable bonds is 7. The molecule has 3 heterocycles. The van der Waals surface area contributed by atoms with Crippen LogP contribution >= 0.6 is 0 Å². The molecule has 0 unspecified atom stereocenters. The van der Waals surface area contributed by atoms with Crippen LogP contribution in [0.4, 0.5) is 42.6 Å². The molecule has 1 aliphatic rings. The number of fused-ring (bicyclic) bond motifs is 1. The Morgan fingerprint density at radius 1 is 1.07 bits per heavy atom. The minimum absolute atomic E-state index is 0.0699. The van der Waals surface area contributed by atoms with Crippen molar-refractivity contribution in [3.05, 3.63) is 76.6 Å². The predicted molar refractivity (Wildman–Crippen MR) is 143 cm³/mol. The fourth-order valence-corrected chi connectivity index (χ4v) is 5.03. The van der Waals surface area contributed by atoms with Gasteiger partial charge in [0.1, 0.15) is 11.9 Å². The number of nitriles is 1. The fourth-order valence-electron chi connectivity index (χ4n) is 5.03. The average Bonchev–Trinajstić information content (AvgIpc) is 2.98. The Labute approximate surface area is 243 Å². The number of aromatic nitrogens is 2. The van der Waals surface area contributed by atoms with Crippen molar-refractivity contribution in [1.29, 1.82) is 5.26 Å². The number of hydrogen-bond acceptors (Lipinski definition) is 7. The zero-order chi connectivity index (χ0) is 31.5. The largest absolute Gasteiger partial charge is 0.481 e. The van der Waals surface area contributed by atoms with Crippen molar-refractivity contribution in [2.45, 2.75) is 57.7 Å². The van der Waals surface area contributed by atoms with Crippen molar-refractivity contribution < 1.29 is 40.6 Å². The highest BCUT2D eigenvalue weighted by molar-refractivity contribution is 5.90. The van der Waals surface area contributed by atoms with E-state index in [-0.39, 0.29) is 47.6 Å². The standard InChI is InChI=1S/C29H27F6N5O3/c1-4-21-13-23(26-22(7-9-25(38-26)42-3)40(21)27(41)43-5-2)39(24-8-6-17(14-36)15-37-24)16-18-10-19(28(30,31)32)12-20(11-18)29(33,34)35/h6-12,15,21,23H,4-5,13,16H2,1-3H3/t21-,23+/m1/s1. The highest BCUT2D eigenvalue weighted by Gasteiger charge is 2.41. The SMILES string of the molecule is CCOC(=O)N1c2ccc(OC)nc2[C@@H](N(Cc2cc(C(F)(F)F)cc(C(F)(F)F)c2)c2ccc(C#N)cn2)C[C@H]1CC. The summed E-state index contributed by atoms with van der Waals surface area (Å²) >= 11 is 0. The zero-order valence-corrected chi connectivity index (χ0v) is 23.3. The molecule has 8 nitrogen and oxygen atoms in total. The Bertz CT molecular complexity index is 1470. The molecule has 2 aromatic heterocycles. The molecule has 1 aliphatic heterocycles. The molecule has 228 valence electrons. The van der Waals surface area contributed by atoms with Crippen molar-refractivity contribution >= 4 is 17.6 Å². The number of nitrogens with zero attached hydrogens (tertiary/aromatic N) is 5. The van der Waals surface area contributed by atoms with E-state index in [0.29, 0.717) is 24.2 Å². The quantitative estimate of drug-likeness (QED) is 0.261. The summed E-state index contributed by atoms with van der Waals surface area (Å²) in [6, 6.07) is 8.09. The summed E-state index contributed by atoms with van der Waals surface area (Å²) in [7, 11) is 1.38. The summed E-state index contributed by atoms with van der Waals surface area (Å²) in [6.07, 6.45) is -8.83. The maximum Gasteiger partial charge on any atom is 0.416 e. The molecular weight excluding hydrogens is 580 g/mol. The van der Waals surface area contributed by atoms with Gasteiger partial charge in [0.05, 0.1) is 47.8 Å². The van der Waals surface area contributed by atoms with E-state index in [1.807, 2.05) is 13.0 Å². The molecule has 1 amide bonds. The number of ether oxygens (including phenoxy) is 2. The molecule has 2 atom stereocenters. The molecule has 0 saturated heterocycles. The maximum absolute atomic E-state index is 13.7. The van der Waals surface area contributed by atoms with Crippen molar-refractivity contribution in [3.63, 3.8) is 0 Å². The molecule has 0 N–H and O–H groups in total. The second-order valence-electron chi connectivity index (χ2n) is 9.70. The Morgan fingerprint density at radius 2 is 1.74 bits per heavy atom. The van der Waals surface area contributed by atoms with E-state index in [0.717, 1.165) is 0 Å². The van der Waals surface area contributed by atoms with Crippen LogP contribution in [0.5, 0.6) is 5.88 Å². The summed E-state index contributed by atoms with van der Waals surface area (Å²) in [5, 5.41) is 9.25. The smallest absolute Gasteiger partial charge is 0.416 e. The normalized spacial score (nSPS) is 16.7. The molecule has 0 radical (unpaired) electrons. The van der Waals surface area contributed by atoms with Crippen LogP contribution in [0.25, 0.3) is 0 Å². The number of carbonyl (C=O) groups is 1. The summed E-state index contributed by atoms with van der Waals surface area (Å²) in [4.78, 5) is 24.9. The zero-order valence-electron chi connectivity index (χ0n) is 23.3. The Balaban J connectivity index is 1.93. The second kappa shape index (κ2) is 12.4. The van der Waals surface area contributed by atoms with Crippen molar-refractivity contribution in [3.8, 4) is 11.9 Å². The lowest BCUT2D eigenvalue weighted by atomic mass is 9.91. The molecule has 4 rings (SSSR count). The van der Waals surface area contributed by atoms with Gasteiger partial charge in [0.2, 0.25) is 5.88 Å². The third kappa shape index (κ3) is 6.76. The number of benzene rings is 1. The van der Waals surface area contributed by atoms with Gasteiger partial charge in [-0.1, -0.05) is 6.92 Å². The van der Waals surface area contributed by atoms with Gasteiger partial charge in [0, 0.05) is 24.8 Å². The summed E-state index contributed by atoms with van der Waals surface area (Å²) in [5.41, 5.74) is -2.35.